The summed E-state index contributed by atoms with van der Waals surface area (Å²) in [6.07, 6.45) is 1.80. The molecule has 0 aliphatic heterocycles. The largest absolute Gasteiger partial charge is 0.485 e. The first-order valence-electron chi connectivity index (χ1n) is 7.44. The summed E-state index contributed by atoms with van der Waals surface area (Å²) < 4.78 is 10.8. The van der Waals surface area contributed by atoms with Gasteiger partial charge in [0.15, 0.2) is 6.61 Å². The van der Waals surface area contributed by atoms with Crippen LogP contribution in [0.15, 0.2) is 28.8 Å². The van der Waals surface area contributed by atoms with E-state index in [-0.39, 0.29) is 0 Å². The van der Waals surface area contributed by atoms with Crippen molar-refractivity contribution in [2.75, 3.05) is 0 Å². The summed E-state index contributed by atoms with van der Waals surface area (Å²) in [5.74, 6) is 2.08. The Hall–Kier alpha value is -1.88. The van der Waals surface area contributed by atoms with Crippen LogP contribution in [0.5, 0.6) is 5.75 Å². The Morgan fingerprint density at radius 1 is 1.33 bits per heavy atom. The van der Waals surface area contributed by atoms with Crippen molar-refractivity contribution in [3.8, 4) is 5.75 Å². The van der Waals surface area contributed by atoms with E-state index in [0.717, 1.165) is 25.1 Å². The van der Waals surface area contributed by atoms with Crippen LogP contribution in [0, 0.1) is 0 Å². The monoisotopic (exact) mass is 289 g/mol. The number of rotatable bonds is 8. The average Bonchev–Trinajstić information content (AvgIpc) is 2.92. The first-order valence-corrected chi connectivity index (χ1v) is 7.44. The molecule has 1 N–H and O–H groups in total. The van der Waals surface area contributed by atoms with Gasteiger partial charge in [-0.3, -0.25) is 0 Å². The minimum Gasteiger partial charge on any atom is -0.485 e. The zero-order valence-corrected chi connectivity index (χ0v) is 12.9. The fourth-order valence-corrected chi connectivity index (χ4v) is 1.88. The predicted octanol–water partition coefficient (Wildman–Crippen LogP) is 3.10. The summed E-state index contributed by atoms with van der Waals surface area (Å²) in [6, 6.07) is 8.50. The molecule has 0 saturated heterocycles. The lowest BCUT2D eigenvalue weighted by Gasteiger charge is -2.09. The van der Waals surface area contributed by atoms with E-state index in [1.807, 2.05) is 18.2 Å². The van der Waals surface area contributed by atoms with Crippen LogP contribution < -0.4 is 10.1 Å². The van der Waals surface area contributed by atoms with E-state index in [0.29, 0.717) is 24.4 Å². The van der Waals surface area contributed by atoms with Crippen LogP contribution in [0.25, 0.3) is 0 Å². The molecule has 2 rings (SSSR count). The van der Waals surface area contributed by atoms with E-state index in [1.54, 1.807) is 0 Å². The standard InChI is InChI=1S/C16H23N3O2/c1-4-6-16-18-15(19-21-16)11-20-14-8-5-7-13(9-14)10-17-12(2)3/h5,7-9,12,17H,4,6,10-11H2,1-3H3. The first kappa shape index (κ1) is 15.5. The second-order valence-electron chi connectivity index (χ2n) is 5.33. The van der Waals surface area contributed by atoms with Gasteiger partial charge >= 0.3 is 0 Å². The Labute approximate surface area is 125 Å². The molecule has 0 unspecified atom stereocenters. The third kappa shape index (κ3) is 5.19. The van der Waals surface area contributed by atoms with Crippen molar-refractivity contribution in [3.05, 3.63) is 41.5 Å². The van der Waals surface area contributed by atoms with Crippen LogP contribution >= 0.6 is 0 Å². The number of aromatic nitrogens is 2. The number of hydrogen-bond donors (Lipinski definition) is 1. The van der Waals surface area contributed by atoms with E-state index < -0.39 is 0 Å². The lowest BCUT2D eigenvalue weighted by atomic mass is 10.2. The van der Waals surface area contributed by atoms with Gasteiger partial charge in [0.2, 0.25) is 11.7 Å². The summed E-state index contributed by atoms with van der Waals surface area (Å²) >= 11 is 0. The average molecular weight is 289 g/mol. The van der Waals surface area contributed by atoms with Gasteiger partial charge in [0, 0.05) is 19.0 Å². The molecule has 1 aromatic heterocycles. The van der Waals surface area contributed by atoms with Crippen molar-refractivity contribution < 1.29 is 9.26 Å². The molecule has 21 heavy (non-hydrogen) atoms. The number of hydrogen-bond acceptors (Lipinski definition) is 5. The Bertz CT molecular complexity index is 552. The maximum Gasteiger partial charge on any atom is 0.226 e. The van der Waals surface area contributed by atoms with Crippen molar-refractivity contribution in [2.45, 2.75) is 52.8 Å². The zero-order valence-electron chi connectivity index (χ0n) is 12.9. The number of nitrogens with zero attached hydrogens (tertiary/aromatic N) is 2. The van der Waals surface area contributed by atoms with Crippen LogP contribution in [-0.4, -0.2) is 16.2 Å². The van der Waals surface area contributed by atoms with Crippen LogP contribution in [0.1, 0.15) is 44.5 Å². The Morgan fingerprint density at radius 2 is 2.19 bits per heavy atom. The molecule has 0 spiro atoms. The molecule has 114 valence electrons. The molecule has 2 aromatic rings. The highest BCUT2D eigenvalue weighted by Crippen LogP contribution is 2.15. The maximum atomic E-state index is 5.72. The molecule has 0 amide bonds. The lowest BCUT2D eigenvalue weighted by Crippen LogP contribution is -2.21. The maximum absolute atomic E-state index is 5.72. The van der Waals surface area contributed by atoms with Gasteiger partial charge < -0.3 is 14.6 Å². The molecule has 0 saturated carbocycles. The molecule has 5 nitrogen and oxygen atoms in total. The van der Waals surface area contributed by atoms with E-state index in [9.17, 15) is 0 Å². The number of benzene rings is 1. The van der Waals surface area contributed by atoms with E-state index in [2.05, 4.69) is 42.3 Å². The number of ether oxygens (including phenoxy) is 1. The third-order valence-electron chi connectivity index (χ3n) is 2.95. The summed E-state index contributed by atoms with van der Waals surface area (Å²) in [5, 5.41) is 7.29. The molecule has 0 radical (unpaired) electrons. The molecule has 0 atom stereocenters. The van der Waals surface area contributed by atoms with Gasteiger partial charge in [-0.1, -0.05) is 38.1 Å². The van der Waals surface area contributed by atoms with Gasteiger partial charge in [0.25, 0.3) is 0 Å². The Morgan fingerprint density at radius 3 is 2.95 bits per heavy atom. The Kier molecular flexibility index (Phi) is 5.75. The second kappa shape index (κ2) is 7.78. The fourth-order valence-electron chi connectivity index (χ4n) is 1.88. The molecule has 0 aliphatic rings. The molecule has 1 aromatic carbocycles. The van der Waals surface area contributed by atoms with E-state index >= 15 is 0 Å². The smallest absolute Gasteiger partial charge is 0.226 e. The fraction of sp³-hybridized carbons (Fsp3) is 0.500. The van der Waals surface area contributed by atoms with Crippen LogP contribution in [0.4, 0.5) is 0 Å². The van der Waals surface area contributed by atoms with E-state index in [1.165, 1.54) is 5.56 Å². The van der Waals surface area contributed by atoms with Crippen LogP contribution in [0.3, 0.4) is 0 Å². The van der Waals surface area contributed by atoms with Gasteiger partial charge in [0.1, 0.15) is 5.75 Å². The highest BCUT2D eigenvalue weighted by molar-refractivity contribution is 5.28. The molecule has 0 aliphatic carbocycles. The van der Waals surface area contributed by atoms with Crippen molar-refractivity contribution >= 4 is 0 Å². The van der Waals surface area contributed by atoms with Crippen LogP contribution in [-0.2, 0) is 19.6 Å². The van der Waals surface area contributed by atoms with Gasteiger partial charge in [-0.2, -0.15) is 4.98 Å². The summed E-state index contributed by atoms with van der Waals surface area (Å²) in [5.41, 5.74) is 1.20. The normalized spacial score (nSPS) is 11.0. The van der Waals surface area contributed by atoms with Gasteiger partial charge in [0.05, 0.1) is 0 Å². The molecule has 0 bridgehead atoms. The van der Waals surface area contributed by atoms with Crippen molar-refractivity contribution in [3.63, 3.8) is 0 Å². The molecule has 5 heteroatoms. The van der Waals surface area contributed by atoms with Gasteiger partial charge in [-0.25, -0.2) is 0 Å². The third-order valence-corrected chi connectivity index (χ3v) is 2.95. The topological polar surface area (TPSA) is 60.2 Å². The molecular weight excluding hydrogens is 266 g/mol. The summed E-state index contributed by atoms with van der Waals surface area (Å²) in [4.78, 5) is 4.28. The predicted molar refractivity (Wildman–Crippen MR) is 81.0 cm³/mol. The van der Waals surface area contributed by atoms with Crippen molar-refractivity contribution in [1.82, 2.24) is 15.5 Å². The molecular formula is C16H23N3O2. The highest BCUT2D eigenvalue weighted by atomic mass is 16.5. The van der Waals surface area contributed by atoms with E-state index in [4.69, 9.17) is 9.26 Å². The van der Waals surface area contributed by atoms with Crippen molar-refractivity contribution in [2.24, 2.45) is 0 Å². The SMILES string of the molecule is CCCc1nc(COc2cccc(CNC(C)C)c2)no1. The van der Waals surface area contributed by atoms with Gasteiger partial charge in [-0.05, 0) is 24.1 Å². The molecule has 1 heterocycles. The summed E-state index contributed by atoms with van der Waals surface area (Å²) in [6.45, 7) is 7.50. The molecule has 0 fully saturated rings. The quantitative estimate of drug-likeness (QED) is 0.809. The first-order chi connectivity index (χ1) is 10.2. The Balaban J connectivity index is 1.88. The summed E-state index contributed by atoms with van der Waals surface area (Å²) in [7, 11) is 0. The minimum atomic E-state index is 0.328. The number of aryl methyl sites for hydroxylation is 1. The van der Waals surface area contributed by atoms with Gasteiger partial charge in [-0.15, -0.1) is 0 Å². The zero-order chi connectivity index (χ0) is 15.1. The minimum absolute atomic E-state index is 0.328. The lowest BCUT2D eigenvalue weighted by molar-refractivity contribution is 0.284. The number of nitrogens with one attached hydrogen (secondary N) is 1. The second-order valence-corrected chi connectivity index (χ2v) is 5.33. The highest BCUT2D eigenvalue weighted by Gasteiger charge is 2.06. The van der Waals surface area contributed by atoms with Crippen molar-refractivity contribution in [1.29, 1.82) is 0 Å². The van der Waals surface area contributed by atoms with Crippen LogP contribution in [0.2, 0.25) is 0 Å².